The molecule has 1 aromatic carbocycles. The molecule has 0 spiro atoms. The second-order valence-corrected chi connectivity index (χ2v) is 6.55. The maximum atomic E-state index is 12.8. The Morgan fingerprint density at radius 1 is 1.35 bits per heavy atom. The number of rotatable bonds is 2. The highest BCUT2D eigenvalue weighted by atomic mass is 79.9. The number of hydrogen-bond acceptors (Lipinski definition) is 3. The van der Waals surface area contributed by atoms with E-state index in [-0.39, 0.29) is 18.9 Å². The number of nitrogens with zero attached hydrogens (tertiary/aromatic N) is 1. The summed E-state index contributed by atoms with van der Waals surface area (Å²) in [5, 5.41) is 9.56. The third kappa shape index (κ3) is 2.79. The lowest BCUT2D eigenvalue weighted by atomic mass is 9.93. The molecule has 0 saturated heterocycles. The van der Waals surface area contributed by atoms with E-state index in [1.807, 2.05) is 18.2 Å². The smallest absolute Gasteiger partial charge is 0.326 e. The topological polar surface area (TPSA) is 70.8 Å². The fraction of sp³-hybridized carbons (Fsp3) is 0.294. The van der Waals surface area contributed by atoms with Gasteiger partial charge in [0.2, 0.25) is 0 Å². The molecule has 120 valence electrons. The average molecular weight is 378 g/mol. The van der Waals surface area contributed by atoms with E-state index < -0.39 is 12.0 Å². The molecule has 3 rings (SSSR count). The lowest BCUT2D eigenvalue weighted by Crippen LogP contribution is -2.48. The summed E-state index contributed by atoms with van der Waals surface area (Å²) >= 11 is 3.46. The lowest BCUT2D eigenvalue weighted by Gasteiger charge is -2.34. The quantitative estimate of drug-likeness (QED) is 0.871. The van der Waals surface area contributed by atoms with Crippen molar-refractivity contribution in [3.63, 3.8) is 0 Å². The van der Waals surface area contributed by atoms with E-state index in [4.69, 9.17) is 4.42 Å². The molecule has 1 aliphatic heterocycles. The Balaban J connectivity index is 2.01. The third-order valence-corrected chi connectivity index (χ3v) is 4.89. The number of hydrogen-bond donors (Lipinski definition) is 1. The molecule has 6 heteroatoms. The van der Waals surface area contributed by atoms with Gasteiger partial charge < -0.3 is 14.4 Å². The molecule has 1 aliphatic rings. The Morgan fingerprint density at radius 2 is 2.09 bits per heavy atom. The minimum atomic E-state index is -1.00. The summed E-state index contributed by atoms with van der Waals surface area (Å²) in [6.07, 6.45) is 0.285. The number of benzene rings is 1. The number of carbonyl (C=O) groups excluding carboxylic acids is 1. The first-order chi connectivity index (χ1) is 10.9. The monoisotopic (exact) mass is 377 g/mol. The Hall–Kier alpha value is -2.08. The first-order valence-corrected chi connectivity index (χ1v) is 8.05. The van der Waals surface area contributed by atoms with Crippen LogP contribution in [-0.4, -0.2) is 27.9 Å². The van der Waals surface area contributed by atoms with Gasteiger partial charge in [0.25, 0.3) is 5.91 Å². The largest absolute Gasteiger partial charge is 0.480 e. The maximum absolute atomic E-state index is 12.8. The van der Waals surface area contributed by atoms with Crippen molar-refractivity contribution >= 4 is 27.8 Å². The Labute approximate surface area is 142 Å². The number of aryl methyl sites for hydroxylation is 2. The van der Waals surface area contributed by atoms with E-state index in [1.165, 1.54) is 4.90 Å². The van der Waals surface area contributed by atoms with E-state index in [0.717, 1.165) is 15.6 Å². The minimum Gasteiger partial charge on any atom is -0.480 e. The zero-order valence-corrected chi connectivity index (χ0v) is 14.4. The molecule has 1 N–H and O–H groups in total. The van der Waals surface area contributed by atoms with Crippen LogP contribution in [0.3, 0.4) is 0 Å². The lowest BCUT2D eigenvalue weighted by molar-refractivity contribution is -0.142. The molecular weight excluding hydrogens is 362 g/mol. The van der Waals surface area contributed by atoms with Crippen LogP contribution >= 0.6 is 15.9 Å². The zero-order chi connectivity index (χ0) is 16.7. The fourth-order valence-electron chi connectivity index (χ4n) is 3.01. The molecule has 0 fully saturated rings. The third-order valence-electron chi connectivity index (χ3n) is 4.15. The number of fused-ring (bicyclic) bond motifs is 1. The predicted octanol–water partition coefficient (Wildman–Crippen LogP) is 3.31. The highest BCUT2D eigenvalue weighted by Crippen LogP contribution is 2.31. The van der Waals surface area contributed by atoms with Gasteiger partial charge in [0, 0.05) is 17.4 Å². The van der Waals surface area contributed by atoms with Gasteiger partial charge in [0.15, 0.2) is 0 Å². The van der Waals surface area contributed by atoms with Crippen molar-refractivity contribution < 1.29 is 19.1 Å². The summed E-state index contributed by atoms with van der Waals surface area (Å²) < 4.78 is 6.29. The number of carboxylic acid groups (broad SMARTS) is 1. The fourth-order valence-corrected chi connectivity index (χ4v) is 3.58. The summed E-state index contributed by atoms with van der Waals surface area (Å²) in [6.45, 7) is 3.75. The number of carboxylic acids is 1. The summed E-state index contributed by atoms with van der Waals surface area (Å²) in [5.41, 5.74) is 2.33. The predicted molar refractivity (Wildman–Crippen MR) is 87.3 cm³/mol. The van der Waals surface area contributed by atoms with Crippen LogP contribution in [0.2, 0.25) is 0 Å². The van der Waals surface area contributed by atoms with Crippen LogP contribution in [0, 0.1) is 13.8 Å². The van der Waals surface area contributed by atoms with Crippen LogP contribution < -0.4 is 0 Å². The maximum Gasteiger partial charge on any atom is 0.326 e. The molecule has 0 saturated carbocycles. The van der Waals surface area contributed by atoms with Gasteiger partial charge >= 0.3 is 5.97 Å². The highest BCUT2D eigenvalue weighted by Gasteiger charge is 2.36. The molecule has 2 heterocycles. The zero-order valence-electron chi connectivity index (χ0n) is 12.8. The van der Waals surface area contributed by atoms with Gasteiger partial charge in [0.05, 0.1) is 5.56 Å². The van der Waals surface area contributed by atoms with Gasteiger partial charge in [-0.1, -0.05) is 28.1 Å². The molecule has 1 aromatic heterocycles. The summed E-state index contributed by atoms with van der Waals surface area (Å²) in [5.74, 6) is -0.162. The Kier molecular flexibility index (Phi) is 4.02. The van der Waals surface area contributed by atoms with Gasteiger partial charge in [-0.3, -0.25) is 4.79 Å². The molecule has 0 bridgehead atoms. The van der Waals surface area contributed by atoms with Gasteiger partial charge in [-0.2, -0.15) is 0 Å². The molecule has 23 heavy (non-hydrogen) atoms. The van der Waals surface area contributed by atoms with Crippen LogP contribution in [0.4, 0.5) is 0 Å². The molecular formula is C17H16BrNO4. The molecule has 0 aliphatic carbocycles. The van der Waals surface area contributed by atoms with E-state index in [2.05, 4.69) is 15.9 Å². The minimum absolute atomic E-state index is 0.272. The number of aliphatic carboxylic acids is 1. The van der Waals surface area contributed by atoms with Crippen LogP contribution in [0.25, 0.3) is 0 Å². The van der Waals surface area contributed by atoms with Gasteiger partial charge in [-0.15, -0.1) is 0 Å². The van der Waals surface area contributed by atoms with E-state index in [1.54, 1.807) is 19.9 Å². The Bertz CT molecular complexity index is 796. The van der Waals surface area contributed by atoms with Crippen molar-refractivity contribution in [3.8, 4) is 0 Å². The molecule has 2 aromatic rings. The number of halogens is 1. The first kappa shape index (κ1) is 15.8. The number of carbonyl (C=O) groups is 2. The number of furan rings is 1. The van der Waals surface area contributed by atoms with Gasteiger partial charge in [-0.25, -0.2) is 4.79 Å². The van der Waals surface area contributed by atoms with Crippen molar-refractivity contribution in [2.45, 2.75) is 32.9 Å². The van der Waals surface area contributed by atoms with Crippen molar-refractivity contribution in [1.82, 2.24) is 4.90 Å². The standard InChI is InChI=1S/C17H16BrNO4/c1-9-6-12(10(2)23-9)16(20)19-8-11-4-3-5-14(18)13(11)7-15(19)17(21)22/h3-6,15H,7-8H2,1-2H3,(H,21,22). The first-order valence-electron chi connectivity index (χ1n) is 7.25. The number of amides is 1. The van der Waals surface area contributed by atoms with E-state index >= 15 is 0 Å². The Morgan fingerprint density at radius 3 is 2.70 bits per heavy atom. The van der Waals surface area contributed by atoms with Crippen molar-refractivity contribution in [1.29, 1.82) is 0 Å². The van der Waals surface area contributed by atoms with Crippen molar-refractivity contribution in [2.24, 2.45) is 0 Å². The normalized spacial score (nSPS) is 17.0. The average Bonchev–Trinajstić information content (AvgIpc) is 2.84. The second kappa shape index (κ2) is 5.85. The van der Waals surface area contributed by atoms with Crippen molar-refractivity contribution in [3.05, 3.63) is 56.9 Å². The van der Waals surface area contributed by atoms with Crippen molar-refractivity contribution in [2.75, 3.05) is 0 Å². The highest BCUT2D eigenvalue weighted by molar-refractivity contribution is 9.10. The molecule has 1 atom stereocenters. The van der Waals surface area contributed by atoms with Gasteiger partial charge in [0.1, 0.15) is 17.6 Å². The second-order valence-electron chi connectivity index (χ2n) is 5.70. The molecule has 0 radical (unpaired) electrons. The van der Waals surface area contributed by atoms with E-state index in [9.17, 15) is 14.7 Å². The van der Waals surface area contributed by atoms with Gasteiger partial charge in [-0.05, 0) is 37.1 Å². The van der Waals surface area contributed by atoms with E-state index in [0.29, 0.717) is 17.1 Å². The van der Waals surface area contributed by atoms with Crippen LogP contribution in [-0.2, 0) is 17.8 Å². The van der Waals surface area contributed by atoms with Crippen LogP contribution in [0.1, 0.15) is 33.0 Å². The summed E-state index contributed by atoms with van der Waals surface area (Å²) in [4.78, 5) is 25.9. The molecule has 1 amide bonds. The molecule has 5 nitrogen and oxygen atoms in total. The van der Waals surface area contributed by atoms with Crippen LogP contribution in [0.5, 0.6) is 0 Å². The molecule has 1 unspecified atom stereocenters. The summed E-state index contributed by atoms with van der Waals surface area (Å²) in [7, 11) is 0. The summed E-state index contributed by atoms with van der Waals surface area (Å²) in [6, 6.07) is 6.47. The van der Waals surface area contributed by atoms with Crippen LogP contribution in [0.15, 0.2) is 33.2 Å². The SMILES string of the molecule is Cc1cc(C(=O)N2Cc3cccc(Br)c3CC2C(=O)O)c(C)o1.